The Labute approximate surface area is 336 Å². The molecule has 0 spiro atoms. The van der Waals surface area contributed by atoms with Crippen molar-refractivity contribution in [3.8, 4) is 22.4 Å². The van der Waals surface area contributed by atoms with Gasteiger partial charge in [0, 0.05) is 19.9 Å². The summed E-state index contributed by atoms with van der Waals surface area (Å²) in [6.07, 6.45) is 0.551. The zero-order valence-electron chi connectivity index (χ0n) is 44.4. The van der Waals surface area contributed by atoms with Gasteiger partial charge in [0.15, 0.2) is 0 Å². The third-order valence-electron chi connectivity index (χ3n) is 6.91. The zero-order valence-corrected chi connectivity index (χ0v) is 31.8. The third-order valence-corrected chi connectivity index (χ3v) is 6.91. The van der Waals surface area contributed by atoms with Gasteiger partial charge in [0.1, 0.15) is 0 Å². The monoisotopic (exact) mass is 851 g/mol. The van der Waals surface area contributed by atoms with E-state index < -0.39 is 67.5 Å². The van der Waals surface area contributed by atoms with Gasteiger partial charge >= 0.3 is 20.1 Å². The Balaban J connectivity index is 0.000000343. The first-order chi connectivity index (χ1) is 29.3. The number of benzene rings is 4. The van der Waals surface area contributed by atoms with Crippen LogP contribution in [0, 0.1) is 29.8 Å². The van der Waals surface area contributed by atoms with Crippen molar-refractivity contribution in [2.45, 2.75) is 74.9 Å². The van der Waals surface area contributed by atoms with E-state index in [1.54, 1.807) is 69.3 Å². The van der Waals surface area contributed by atoms with E-state index in [1.807, 2.05) is 45.9 Å². The Kier molecular flexibility index (Phi) is 8.48. The van der Waals surface area contributed by atoms with Gasteiger partial charge in [-0.2, -0.15) is 6.21 Å². The molecule has 5 aromatic rings. The van der Waals surface area contributed by atoms with E-state index in [0.717, 1.165) is 11.1 Å². The van der Waals surface area contributed by atoms with Crippen LogP contribution in [0.3, 0.4) is 0 Å². The summed E-state index contributed by atoms with van der Waals surface area (Å²) >= 11 is 0. The molecule has 258 valence electrons. The molecule has 1 heterocycles. The van der Waals surface area contributed by atoms with Crippen molar-refractivity contribution in [3.05, 3.63) is 166 Å². The van der Waals surface area contributed by atoms with Gasteiger partial charge in [0.2, 0.25) is 0 Å². The van der Waals surface area contributed by atoms with Gasteiger partial charge < -0.3 is 10.4 Å². The maximum atomic E-state index is 9.73. The van der Waals surface area contributed by atoms with Gasteiger partial charge in [-0.1, -0.05) is 139 Å². The van der Waals surface area contributed by atoms with Crippen molar-refractivity contribution in [2.24, 2.45) is 10.8 Å². The number of rotatable bonds is 8. The Morgan fingerprint density at radius 3 is 2.14 bits per heavy atom. The second-order valence-corrected chi connectivity index (χ2v) is 13.5. The zero-order chi connectivity index (χ0) is 48.5. The fourth-order valence-electron chi connectivity index (χ4n) is 4.78. The molecular weight excluding hydrogens is 785 g/mol. The van der Waals surface area contributed by atoms with Crippen LogP contribution >= 0.6 is 0 Å². The summed E-state index contributed by atoms with van der Waals surface area (Å²) in [4.78, 5) is 4.34. The summed E-state index contributed by atoms with van der Waals surface area (Å²) in [7, 11) is 0. The number of allylic oxidation sites excluding steroid dienone is 4. The van der Waals surface area contributed by atoms with E-state index in [2.05, 4.69) is 17.1 Å². The van der Waals surface area contributed by atoms with Crippen LogP contribution in [-0.2, 0) is 32.9 Å². The van der Waals surface area contributed by atoms with Crippen molar-refractivity contribution < 1.29 is 40.7 Å². The summed E-state index contributed by atoms with van der Waals surface area (Å²) in [6.45, 7) is 7.59. The van der Waals surface area contributed by atoms with Gasteiger partial charge in [-0.3, -0.25) is 0 Å². The number of hydrogen-bond acceptors (Lipinski definition) is 1. The first-order valence-electron chi connectivity index (χ1n) is 23.4. The Bertz CT molecular complexity index is 2520. The summed E-state index contributed by atoms with van der Waals surface area (Å²) in [6, 6.07) is 23.2. The molecule has 50 heavy (non-hydrogen) atoms. The smallest absolute Gasteiger partial charge is 0.810 e. The van der Waals surface area contributed by atoms with Crippen LogP contribution in [0.2, 0.25) is 0 Å². The first-order valence-corrected chi connectivity index (χ1v) is 15.9. The molecule has 1 aromatic heterocycles. The molecule has 0 N–H and O–H groups in total. The maximum absolute atomic E-state index is 9.73. The third kappa shape index (κ3) is 12.3. The van der Waals surface area contributed by atoms with E-state index in [4.69, 9.17) is 20.6 Å². The summed E-state index contributed by atoms with van der Waals surface area (Å²) in [5.74, 6) is 0. The Morgan fingerprint density at radius 2 is 1.58 bits per heavy atom. The predicted molar refractivity (Wildman–Crippen MR) is 212 cm³/mol. The summed E-state index contributed by atoms with van der Waals surface area (Å²) in [5, 5.41) is 9.73. The van der Waals surface area contributed by atoms with Crippen LogP contribution in [0.4, 0.5) is 0 Å². The average Bonchev–Trinajstić information content (AvgIpc) is 3.21. The Morgan fingerprint density at radius 1 is 0.900 bits per heavy atom. The van der Waals surface area contributed by atoms with E-state index in [9.17, 15) is 5.41 Å². The number of hydrogen-bond donors (Lipinski definition) is 0. The maximum Gasteiger partial charge on any atom is 3.00 e. The van der Waals surface area contributed by atoms with Gasteiger partial charge in [-0.05, 0) is 63.9 Å². The molecule has 2 nitrogen and oxygen atoms in total. The van der Waals surface area contributed by atoms with E-state index in [-0.39, 0.29) is 42.4 Å². The largest absolute Gasteiger partial charge is 3.00 e. The predicted octanol–water partition coefficient (Wildman–Crippen LogP) is 12.7. The SMILES string of the molecule is [2H]C([2H])([2H])/C(C=[N-])=C(/C=C(\C)c1[c-]cccc1)c1ccc(C([2H])([2H])C(C)(C)C)cc1.[2H]c1c([2H])c([2H])c(-c2cc(-c3ccc(C([2H])([2H])C(C)(C)C)cn3)[c-]cc2C([2H])([2H])[2H])c([2H])c1[2H].[Ir+3]. The normalized spacial score (nSPS) is 17.7. The number of nitrogens with zero attached hydrogens (tertiary/aromatic N) is 2. The molecular formula is C47H51IrN2. The molecule has 0 aliphatic carbocycles. The first kappa shape index (κ1) is 23.3. The molecule has 0 bridgehead atoms. The second-order valence-electron chi connectivity index (χ2n) is 13.5. The molecule has 0 aliphatic heterocycles. The molecule has 5 rings (SSSR count). The minimum absolute atomic E-state index is 0. The molecule has 0 unspecified atom stereocenters. The van der Waals surface area contributed by atoms with Crippen molar-refractivity contribution in [1.82, 2.24) is 4.98 Å². The summed E-state index contributed by atoms with van der Waals surface area (Å²) < 4.78 is 121. The van der Waals surface area contributed by atoms with Crippen LogP contribution in [0.25, 0.3) is 38.9 Å². The van der Waals surface area contributed by atoms with Gasteiger partial charge in [0.25, 0.3) is 0 Å². The molecule has 0 saturated carbocycles. The van der Waals surface area contributed by atoms with Crippen LogP contribution in [0.15, 0.2) is 121 Å². The van der Waals surface area contributed by atoms with Crippen LogP contribution in [0.5, 0.6) is 0 Å². The van der Waals surface area contributed by atoms with E-state index >= 15 is 0 Å². The molecule has 0 saturated heterocycles. The minimum Gasteiger partial charge on any atom is -0.810 e. The van der Waals surface area contributed by atoms with Crippen LogP contribution in [-0.4, -0.2) is 11.2 Å². The number of pyridine rings is 1. The van der Waals surface area contributed by atoms with Crippen LogP contribution in [0.1, 0.15) is 104 Å². The van der Waals surface area contributed by atoms with Crippen molar-refractivity contribution >= 4 is 17.4 Å². The van der Waals surface area contributed by atoms with Crippen molar-refractivity contribution in [3.63, 3.8) is 0 Å². The van der Waals surface area contributed by atoms with E-state index in [0.29, 0.717) is 39.7 Å². The minimum atomic E-state index is -2.62. The summed E-state index contributed by atoms with van der Waals surface area (Å²) in [5.41, 5.74) is 2.28. The Hall–Kier alpha value is -4.17. The average molecular weight is 851 g/mol. The van der Waals surface area contributed by atoms with Crippen molar-refractivity contribution in [1.29, 1.82) is 0 Å². The van der Waals surface area contributed by atoms with Gasteiger partial charge in [-0.25, -0.2) is 0 Å². The number of aryl methyl sites for hydroxylation is 1. The van der Waals surface area contributed by atoms with Crippen molar-refractivity contribution in [2.75, 3.05) is 0 Å². The van der Waals surface area contributed by atoms with Gasteiger partial charge in [0.05, 0.1) is 6.85 Å². The quantitative estimate of drug-likeness (QED) is 0.0870. The molecule has 0 fully saturated rings. The molecule has 0 amide bonds. The molecule has 0 aliphatic rings. The molecule has 3 heteroatoms. The fourth-order valence-corrected chi connectivity index (χ4v) is 4.78. The van der Waals surface area contributed by atoms with Gasteiger partial charge in [-0.15, -0.1) is 70.8 Å². The fraction of sp³-hybridized carbons (Fsp3) is 0.277. The van der Waals surface area contributed by atoms with E-state index in [1.165, 1.54) is 18.3 Å². The standard InChI is InChI=1S/C24H27N.C23H24N.Ir/c1-18(21-9-7-6-8-10-21)15-23(19(2)17-25)22-13-11-20(12-14-22)16-24(3,4)5;1-17-10-12-20(14-21(17)19-8-6-5-7-9-19)22-13-11-18(16-24-22)15-23(2,3)4;/h6-9,11-15,17H,16H2,1-5H3;5-11,13-14,16H,15H2,1-4H3;/q-2;-1;+3/b18-15+,23-19+;;/i2D3,16D2;1D3,5D,6D,7D,8D,9D,15D2;. The second kappa shape index (κ2) is 18.2. The molecule has 4 aromatic carbocycles. The molecule has 0 radical (unpaired) electrons. The topological polar surface area (TPSA) is 35.2 Å². The number of aromatic nitrogens is 1. The molecule has 0 atom stereocenters. The van der Waals surface area contributed by atoms with Crippen LogP contribution < -0.4 is 0 Å².